The van der Waals surface area contributed by atoms with Crippen molar-refractivity contribution in [3.63, 3.8) is 0 Å². The Hall–Kier alpha value is -0.630. The minimum Gasteiger partial charge on any atom is -0.320 e. The normalized spacial score (nSPS) is 20.3. The summed E-state index contributed by atoms with van der Waals surface area (Å²) in [5.41, 5.74) is 0.752. The summed E-state index contributed by atoms with van der Waals surface area (Å²) in [6, 6.07) is 0. The Morgan fingerprint density at radius 2 is 2.57 bits per heavy atom. The van der Waals surface area contributed by atoms with Crippen molar-refractivity contribution in [1.82, 2.24) is 0 Å². The number of hydrogen-bond acceptors (Lipinski definition) is 1. The van der Waals surface area contributed by atoms with E-state index in [4.69, 9.17) is 5.41 Å². The standard InChI is InChI=1S/C5H8N2/c6-5-1-3-7-4-2-5/h1,3,6-7H,2,4H2/p+1. The van der Waals surface area contributed by atoms with Gasteiger partial charge in [0.15, 0.2) is 0 Å². The molecule has 0 spiro atoms. The summed E-state index contributed by atoms with van der Waals surface area (Å²) >= 11 is 0. The van der Waals surface area contributed by atoms with Crippen LogP contribution in [0.15, 0.2) is 12.3 Å². The van der Waals surface area contributed by atoms with Gasteiger partial charge in [-0.05, 0) is 0 Å². The number of allylic oxidation sites excluding steroid dienone is 1. The van der Waals surface area contributed by atoms with Crippen molar-refractivity contribution in [2.45, 2.75) is 6.42 Å². The van der Waals surface area contributed by atoms with E-state index in [-0.39, 0.29) is 0 Å². The van der Waals surface area contributed by atoms with Crippen molar-refractivity contribution in [1.29, 1.82) is 5.41 Å². The first-order chi connectivity index (χ1) is 3.39. The SMILES string of the molecule is N=C1C=C[NH2+]CC1. The van der Waals surface area contributed by atoms with Gasteiger partial charge in [0.1, 0.15) is 0 Å². The highest BCUT2D eigenvalue weighted by molar-refractivity contribution is 5.92. The minimum atomic E-state index is 0.752. The van der Waals surface area contributed by atoms with Gasteiger partial charge in [0.05, 0.1) is 12.7 Å². The van der Waals surface area contributed by atoms with Crippen LogP contribution in [0, 0.1) is 5.41 Å². The molecule has 1 aliphatic heterocycles. The summed E-state index contributed by atoms with van der Waals surface area (Å²) in [5, 5.41) is 9.16. The van der Waals surface area contributed by atoms with E-state index in [1.54, 1.807) is 0 Å². The van der Waals surface area contributed by atoms with Gasteiger partial charge in [-0.15, -0.1) is 0 Å². The molecule has 38 valence electrons. The molecule has 2 nitrogen and oxygen atoms in total. The Morgan fingerprint density at radius 1 is 1.71 bits per heavy atom. The first-order valence-electron chi connectivity index (χ1n) is 2.47. The predicted octanol–water partition coefficient (Wildman–Crippen LogP) is -0.513. The van der Waals surface area contributed by atoms with Gasteiger partial charge in [0, 0.05) is 18.2 Å². The number of nitrogens with one attached hydrogen (secondary N) is 1. The maximum absolute atomic E-state index is 7.08. The van der Waals surface area contributed by atoms with Crippen molar-refractivity contribution in [3.05, 3.63) is 12.3 Å². The fourth-order valence-corrected chi connectivity index (χ4v) is 0.603. The highest BCUT2D eigenvalue weighted by Gasteiger charge is 1.97. The Labute approximate surface area is 42.7 Å². The van der Waals surface area contributed by atoms with Crippen LogP contribution in [0.1, 0.15) is 6.42 Å². The van der Waals surface area contributed by atoms with Crippen LogP contribution in [-0.2, 0) is 0 Å². The molecule has 0 unspecified atom stereocenters. The lowest BCUT2D eigenvalue weighted by Gasteiger charge is -1.99. The largest absolute Gasteiger partial charge is 0.320 e. The van der Waals surface area contributed by atoms with Crippen molar-refractivity contribution >= 4 is 5.71 Å². The number of hydrogen-bond donors (Lipinski definition) is 2. The molecule has 0 aromatic carbocycles. The maximum Gasteiger partial charge on any atom is 0.0943 e. The van der Waals surface area contributed by atoms with E-state index in [2.05, 4.69) is 5.32 Å². The zero-order valence-corrected chi connectivity index (χ0v) is 4.15. The third kappa shape index (κ3) is 1.12. The van der Waals surface area contributed by atoms with E-state index in [0.717, 1.165) is 18.7 Å². The fraction of sp³-hybridized carbons (Fsp3) is 0.400. The summed E-state index contributed by atoms with van der Waals surface area (Å²) < 4.78 is 0. The third-order valence-electron chi connectivity index (χ3n) is 1.01. The first kappa shape index (κ1) is 4.53. The summed E-state index contributed by atoms with van der Waals surface area (Å²) in [6.07, 6.45) is 4.70. The second kappa shape index (κ2) is 1.89. The molecule has 0 amide bonds. The van der Waals surface area contributed by atoms with Crippen LogP contribution in [0.4, 0.5) is 0 Å². The molecule has 0 bridgehead atoms. The molecule has 0 aromatic rings. The Kier molecular flexibility index (Phi) is 1.22. The highest BCUT2D eigenvalue weighted by Crippen LogP contribution is 1.82. The van der Waals surface area contributed by atoms with E-state index in [1.807, 2.05) is 12.3 Å². The molecule has 1 rings (SSSR count). The maximum atomic E-state index is 7.08. The van der Waals surface area contributed by atoms with Crippen molar-refractivity contribution in [3.8, 4) is 0 Å². The molecule has 0 aromatic heterocycles. The molecule has 0 saturated heterocycles. The molecule has 0 radical (unpaired) electrons. The van der Waals surface area contributed by atoms with Crippen molar-refractivity contribution in [2.24, 2.45) is 0 Å². The molecule has 0 saturated carbocycles. The molecular weight excluding hydrogens is 88.1 g/mol. The quantitative estimate of drug-likeness (QED) is 0.408. The van der Waals surface area contributed by atoms with E-state index in [1.165, 1.54) is 0 Å². The zero-order valence-electron chi connectivity index (χ0n) is 4.15. The topological polar surface area (TPSA) is 40.5 Å². The lowest BCUT2D eigenvalue weighted by atomic mass is 10.2. The molecule has 2 heteroatoms. The first-order valence-corrected chi connectivity index (χ1v) is 2.47. The summed E-state index contributed by atoms with van der Waals surface area (Å²) in [7, 11) is 0. The second-order valence-electron chi connectivity index (χ2n) is 1.66. The summed E-state index contributed by atoms with van der Waals surface area (Å²) in [6.45, 7) is 1.05. The van der Waals surface area contributed by atoms with Crippen LogP contribution in [0.2, 0.25) is 0 Å². The van der Waals surface area contributed by atoms with Crippen molar-refractivity contribution < 1.29 is 5.32 Å². The average molecular weight is 97.1 g/mol. The van der Waals surface area contributed by atoms with Crippen LogP contribution in [0.5, 0.6) is 0 Å². The van der Waals surface area contributed by atoms with E-state index < -0.39 is 0 Å². The lowest BCUT2D eigenvalue weighted by Crippen LogP contribution is -2.79. The van der Waals surface area contributed by atoms with E-state index in [9.17, 15) is 0 Å². The van der Waals surface area contributed by atoms with Gasteiger partial charge in [-0.3, -0.25) is 0 Å². The van der Waals surface area contributed by atoms with E-state index >= 15 is 0 Å². The molecular formula is C5H9N2+. The van der Waals surface area contributed by atoms with E-state index in [0.29, 0.717) is 0 Å². The monoisotopic (exact) mass is 97.1 g/mol. The van der Waals surface area contributed by atoms with Crippen LogP contribution >= 0.6 is 0 Å². The summed E-state index contributed by atoms with van der Waals surface area (Å²) in [4.78, 5) is 0. The van der Waals surface area contributed by atoms with Gasteiger partial charge in [0.2, 0.25) is 0 Å². The number of nitrogens with two attached hydrogens (primary N) is 1. The van der Waals surface area contributed by atoms with Gasteiger partial charge >= 0.3 is 0 Å². The molecule has 0 fully saturated rings. The van der Waals surface area contributed by atoms with Gasteiger partial charge in [-0.1, -0.05) is 0 Å². The smallest absolute Gasteiger partial charge is 0.0943 e. The van der Waals surface area contributed by atoms with Gasteiger partial charge in [-0.2, -0.15) is 0 Å². The van der Waals surface area contributed by atoms with Gasteiger partial charge in [-0.25, -0.2) is 0 Å². The lowest BCUT2D eigenvalue weighted by molar-refractivity contribution is -0.587. The van der Waals surface area contributed by atoms with Gasteiger partial charge in [0.25, 0.3) is 0 Å². The third-order valence-corrected chi connectivity index (χ3v) is 1.01. The predicted molar refractivity (Wildman–Crippen MR) is 28.3 cm³/mol. The molecule has 7 heavy (non-hydrogen) atoms. The van der Waals surface area contributed by atoms with Crippen molar-refractivity contribution in [2.75, 3.05) is 6.54 Å². The molecule has 1 heterocycles. The minimum absolute atomic E-state index is 0.752. The van der Waals surface area contributed by atoms with Crippen LogP contribution in [-0.4, -0.2) is 12.3 Å². The van der Waals surface area contributed by atoms with Gasteiger partial charge < -0.3 is 10.7 Å². The highest BCUT2D eigenvalue weighted by atomic mass is 14.8. The Bertz CT molecular complexity index is 105. The molecule has 0 aliphatic carbocycles. The van der Waals surface area contributed by atoms with Crippen LogP contribution in [0.3, 0.4) is 0 Å². The fourth-order valence-electron chi connectivity index (χ4n) is 0.603. The average Bonchev–Trinajstić information content (AvgIpc) is 1.69. The van der Waals surface area contributed by atoms with Crippen LogP contribution in [0.25, 0.3) is 0 Å². The molecule has 3 N–H and O–H groups in total. The second-order valence-corrected chi connectivity index (χ2v) is 1.66. The number of rotatable bonds is 0. The Balaban J connectivity index is 2.51. The number of quaternary nitrogens is 1. The Morgan fingerprint density at radius 3 is 2.86 bits per heavy atom. The van der Waals surface area contributed by atoms with Crippen LogP contribution < -0.4 is 5.32 Å². The summed E-state index contributed by atoms with van der Waals surface area (Å²) in [5.74, 6) is 0. The molecule has 0 atom stereocenters. The molecule has 1 aliphatic rings. The zero-order chi connectivity index (χ0) is 5.11.